The van der Waals surface area contributed by atoms with Crippen LogP contribution in [0.3, 0.4) is 0 Å². The zero-order chi connectivity index (χ0) is 24.7. The molecule has 0 atom stereocenters. The van der Waals surface area contributed by atoms with Gasteiger partial charge in [-0.2, -0.15) is 0 Å². The van der Waals surface area contributed by atoms with E-state index in [-0.39, 0.29) is 5.91 Å². The zero-order valence-corrected chi connectivity index (χ0v) is 20.5. The summed E-state index contributed by atoms with van der Waals surface area (Å²) >= 11 is 6.46. The highest BCUT2D eigenvalue weighted by Crippen LogP contribution is 2.30. The maximum atomic E-state index is 12.9. The van der Waals surface area contributed by atoms with Crippen molar-refractivity contribution in [3.05, 3.63) is 77.6 Å². The van der Waals surface area contributed by atoms with Gasteiger partial charge >= 0.3 is 0 Å². The number of nitrogens with one attached hydrogen (secondary N) is 2. The topological polar surface area (TPSA) is 92.3 Å². The minimum atomic E-state index is -0.301. The molecule has 36 heavy (non-hydrogen) atoms. The van der Waals surface area contributed by atoms with Crippen LogP contribution in [0.5, 0.6) is 0 Å². The smallest absolute Gasteiger partial charge is 0.274 e. The molecule has 1 aliphatic heterocycles. The van der Waals surface area contributed by atoms with Crippen LogP contribution >= 0.6 is 11.6 Å². The quantitative estimate of drug-likeness (QED) is 0.336. The van der Waals surface area contributed by atoms with E-state index in [2.05, 4.69) is 30.5 Å². The van der Waals surface area contributed by atoms with Crippen molar-refractivity contribution in [1.29, 1.82) is 0 Å². The van der Waals surface area contributed by atoms with Crippen molar-refractivity contribution < 1.29 is 9.53 Å². The number of carbonyl (C=O) groups is 1. The van der Waals surface area contributed by atoms with Crippen LogP contribution in [0.1, 0.15) is 16.9 Å². The zero-order valence-electron chi connectivity index (χ0n) is 19.8. The summed E-state index contributed by atoms with van der Waals surface area (Å²) in [7, 11) is 0. The number of morpholine rings is 1. The SMILES string of the molecule is O=C(Nc1ccc(Cl)c(-c2cnc3ccccc3n2)c1)c1cccc(NCCCN2CCOCC2)n1. The van der Waals surface area contributed by atoms with Gasteiger partial charge in [-0.05, 0) is 55.4 Å². The molecule has 184 valence electrons. The van der Waals surface area contributed by atoms with Crippen molar-refractivity contribution >= 4 is 40.0 Å². The monoisotopic (exact) mass is 502 g/mol. The van der Waals surface area contributed by atoms with Gasteiger partial charge in [-0.1, -0.05) is 29.8 Å². The average Bonchev–Trinajstić information content (AvgIpc) is 2.92. The fourth-order valence-corrected chi connectivity index (χ4v) is 4.30. The third-order valence-corrected chi connectivity index (χ3v) is 6.32. The van der Waals surface area contributed by atoms with Crippen LogP contribution in [0.2, 0.25) is 5.02 Å². The number of carbonyl (C=O) groups excluding carboxylic acids is 1. The predicted molar refractivity (Wildman–Crippen MR) is 143 cm³/mol. The van der Waals surface area contributed by atoms with E-state index in [1.807, 2.05) is 36.4 Å². The normalized spacial score (nSPS) is 14.0. The summed E-state index contributed by atoms with van der Waals surface area (Å²) < 4.78 is 5.39. The van der Waals surface area contributed by atoms with Crippen LogP contribution < -0.4 is 10.6 Å². The van der Waals surface area contributed by atoms with Gasteiger partial charge < -0.3 is 15.4 Å². The number of benzene rings is 2. The van der Waals surface area contributed by atoms with Crippen molar-refractivity contribution in [3.8, 4) is 11.3 Å². The van der Waals surface area contributed by atoms with E-state index < -0.39 is 0 Å². The Labute approximate surface area is 214 Å². The molecule has 1 amide bonds. The highest BCUT2D eigenvalue weighted by molar-refractivity contribution is 6.33. The molecule has 0 aliphatic carbocycles. The lowest BCUT2D eigenvalue weighted by Crippen LogP contribution is -2.37. The summed E-state index contributed by atoms with van der Waals surface area (Å²) in [6, 6.07) is 18.3. The molecule has 0 radical (unpaired) electrons. The van der Waals surface area contributed by atoms with E-state index in [0.29, 0.717) is 33.5 Å². The largest absolute Gasteiger partial charge is 0.379 e. The number of rotatable bonds is 8. The fraction of sp³-hybridized carbons (Fsp3) is 0.259. The maximum absolute atomic E-state index is 12.9. The molecule has 1 aliphatic rings. The number of ether oxygens (including phenoxy) is 1. The van der Waals surface area contributed by atoms with E-state index in [9.17, 15) is 4.79 Å². The molecule has 4 aromatic rings. The molecule has 2 aromatic heterocycles. The van der Waals surface area contributed by atoms with Gasteiger partial charge in [0.1, 0.15) is 11.5 Å². The summed E-state index contributed by atoms with van der Waals surface area (Å²) in [6.07, 6.45) is 2.67. The molecule has 0 unspecified atom stereocenters. The number of amides is 1. The van der Waals surface area contributed by atoms with Crippen molar-refractivity contribution in [2.24, 2.45) is 0 Å². The molecular weight excluding hydrogens is 476 g/mol. The molecule has 3 heterocycles. The first-order chi connectivity index (χ1) is 17.7. The number of para-hydroxylation sites is 2. The molecule has 2 N–H and O–H groups in total. The van der Waals surface area contributed by atoms with E-state index in [1.54, 1.807) is 30.5 Å². The third kappa shape index (κ3) is 5.96. The van der Waals surface area contributed by atoms with Crippen LogP contribution in [0.25, 0.3) is 22.3 Å². The third-order valence-electron chi connectivity index (χ3n) is 5.99. The molecule has 0 spiro atoms. The number of pyridine rings is 1. The molecule has 0 bridgehead atoms. The van der Waals surface area contributed by atoms with Gasteiger partial charge in [-0.15, -0.1) is 0 Å². The Bertz CT molecular complexity index is 1360. The van der Waals surface area contributed by atoms with Crippen LogP contribution in [-0.2, 0) is 4.74 Å². The second kappa shape index (κ2) is 11.4. The summed E-state index contributed by atoms with van der Waals surface area (Å²) in [5.41, 5.74) is 3.84. The van der Waals surface area contributed by atoms with Crippen LogP contribution in [0.15, 0.2) is 66.9 Å². The first-order valence-corrected chi connectivity index (χ1v) is 12.4. The number of hydrogen-bond donors (Lipinski definition) is 2. The van der Waals surface area contributed by atoms with Gasteiger partial charge in [0.2, 0.25) is 0 Å². The number of halogens is 1. The van der Waals surface area contributed by atoms with Gasteiger partial charge in [0.25, 0.3) is 5.91 Å². The highest BCUT2D eigenvalue weighted by atomic mass is 35.5. The summed E-state index contributed by atoms with van der Waals surface area (Å²) in [5, 5.41) is 6.76. The molecule has 2 aromatic carbocycles. The summed E-state index contributed by atoms with van der Waals surface area (Å²) in [4.78, 5) is 28.9. The molecule has 8 nitrogen and oxygen atoms in total. The Morgan fingerprint density at radius 2 is 1.83 bits per heavy atom. The molecule has 0 saturated carbocycles. The van der Waals surface area contributed by atoms with Gasteiger partial charge in [0.15, 0.2) is 0 Å². The fourth-order valence-electron chi connectivity index (χ4n) is 4.08. The predicted octanol–water partition coefficient (Wildman–Crippen LogP) is 4.73. The Balaban J connectivity index is 1.23. The van der Waals surface area contributed by atoms with Gasteiger partial charge in [0, 0.05) is 30.9 Å². The first kappa shape index (κ1) is 24.1. The maximum Gasteiger partial charge on any atom is 0.274 e. The van der Waals surface area contributed by atoms with Crippen LogP contribution in [0.4, 0.5) is 11.5 Å². The Morgan fingerprint density at radius 3 is 2.69 bits per heavy atom. The number of nitrogens with zero attached hydrogens (tertiary/aromatic N) is 4. The van der Waals surface area contributed by atoms with E-state index in [1.165, 1.54) is 0 Å². The van der Waals surface area contributed by atoms with Crippen molar-refractivity contribution in [1.82, 2.24) is 19.9 Å². The minimum Gasteiger partial charge on any atom is -0.379 e. The summed E-state index contributed by atoms with van der Waals surface area (Å²) in [5.74, 6) is 0.373. The van der Waals surface area contributed by atoms with Crippen molar-refractivity contribution in [2.45, 2.75) is 6.42 Å². The second-order valence-corrected chi connectivity index (χ2v) is 8.94. The number of fused-ring (bicyclic) bond motifs is 1. The number of hydrogen-bond acceptors (Lipinski definition) is 7. The lowest BCUT2D eigenvalue weighted by atomic mass is 10.1. The molecule has 5 rings (SSSR count). The Kier molecular flexibility index (Phi) is 7.66. The average molecular weight is 503 g/mol. The van der Waals surface area contributed by atoms with E-state index >= 15 is 0 Å². The van der Waals surface area contributed by atoms with Gasteiger partial charge in [0.05, 0.1) is 41.2 Å². The van der Waals surface area contributed by atoms with Crippen LogP contribution in [0, 0.1) is 0 Å². The first-order valence-electron chi connectivity index (χ1n) is 12.0. The van der Waals surface area contributed by atoms with Gasteiger partial charge in [-0.3, -0.25) is 14.7 Å². The second-order valence-electron chi connectivity index (χ2n) is 8.54. The Morgan fingerprint density at radius 1 is 1.00 bits per heavy atom. The van der Waals surface area contributed by atoms with Crippen LogP contribution in [-0.4, -0.2) is 65.2 Å². The lowest BCUT2D eigenvalue weighted by molar-refractivity contribution is 0.0378. The van der Waals surface area contributed by atoms with E-state index in [4.69, 9.17) is 16.3 Å². The number of aromatic nitrogens is 3. The Hall–Kier alpha value is -3.59. The van der Waals surface area contributed by atoms with E-state index in [0.717, 1.165) is 56.8 Å². The summed E-state index contributed by atoms with van der Waals surface area (Å²) in [6.45, 7) is 5.36. The number of anilines is 2. The molecule has 1 fully saturated rings. The molecular formula is C27H27ClN6O2. The van der Waals surface area contributed by atoms with Crippen molar-refractivity contribution in [2.75, 3.05) is 50.0 Å². The standard InChI is InChI=1S/C27H27ClN6O2/c28-21-10-9-19(17-20(21)25-18-30-22-5-1-2-6-23(22)32-25)31-27(35)24-7-3-8-26(33-24)29-11-4-12-34-13-15-36-16-14-34/h1-3,5-10,17-18H,4,11-16H2,(H,29,33)(H,31,35). The van der Waals surface area contributed by atoms with Crippen molar-refractivity contribution in [3.63, 3.8) is 0 Å². The van der Waals surface area contributed by atoms with Gasteiger partial charge in [-0.25, -0.2) is 9.97 Å². The highest BCUT2D eigenvalue weighted by Gasteiger charge is 2.13. The minimum absolute atomic E-state index is 0.301. The molecule has 1 saturated heterocycles. The molecule has 9 heteroatoms. The lowest BCUT2D eigenvalue weighted by Gasteiger charge is -2.26.